The highest BCUT2D eigenvalue weighted by atomic mass is 16.1. The molecule has 1 amide bonds. The fourth-order valence-electron chi connectivity index (χ4n) is 2.43. The van der Waals surface area contributed by atoms with Crippen molar-refractivity contribution in [2.75, 3.05) is 0 Å². The van der Waals surface area contributed by atoms with E-state index in [0.29, 0.717) is 28.3 Å². The Morgan fingerprint density at radius 1 is 1.09 bits per heavy atom. The maximum atomic E-state index is 11.6. The summed E-state index contributed by atoms with van der Waals surface area (Å²) in [6, 6.07) is 13.0. The molecule has 2 aromatic heterocycles. The number of benzene rings is 1. The lowest BCUT2D eigenvalue weighted by molar-refractivity contribution is 0.100. The standard InChI is InChI=1S/C17H17N5O/c1-11(2)22-10-19-21-17(22)15-9-5-8-14(20-15)12-6-3-4-7-13(12)16(18)23/h3-11H,1-2H3,(H2,18,23). The van der Waals surface area contributed by atoms with Crippen LogP contribution >= 0.6 is 0 Å². The Morgan fingerprint density at radius 2 is 1.83 bits per heavy atom. The number of hydrogen-bond acceptors (Lipinski definition) is 4. The molecule has 0 radical (unpaired) electrons. The number of hydrogen-bond donors (Lipinski definition) is 1. The minimum absolute atomic E-state index is 0.225. The summed E-state index contributed by atoms with van der Waals surface area (Å²) in [6.07, 6.45) is 1.69. The Labute approximate surface area is 134 Å². The highest BCUT2D eigenvalue weighted by molar-refractivity contribution is 5.99. The van der Waals surface area contributed by atoms with Gasteiger partial charge in [0.15, 0.2) is 5.82 Å². The Bertz CT molecular complexity index is 853. The molecule has 0 aliphatic rings. The Morgan fingerprint density at radius 3 is 2.57 bits per heavy atom. The summed E-state index contributed by atoms with van der Waals surface area (Å²) >= 11 is 0. The van der Waals surface area contributed by atoms with Gasteiger partial charge in [0, 0.05) is 17.2 Å². The second-order valence-corrected chi connectivity index (χ2v) is 5.47. The van der Waals surface area contributed by atoms with E-state index in [1.165, 1.54) is 0 Å². The van der Waals surface area contributed by atoms with Gasteiger partial charge in [-0.3, -0.25) is 4.79 Å². The number of nitrogens with two attached hydrogens (primary N) is 1. The van der Waals surface area contributed by atoms with Crippen LogP contribution in [0.4, 0.5) is 0 Å². The van der Waals surface area contributed by atoms with Crippen molar-refractivity contribution in [2.24, 2.45) is 5.73 Å². The van der Waals surface area contributed by atoms with Gasteiger partial charge in [0.25, 0.3) is 0 Å². The summed E-state index contributed by atoms with van der Waals surface area (Å²) in [4.78, 5) is 16.3. The molecule has 0 atom stereocenters. The molecule has 116 valence electrons. The first kappa shape index (κ1) is 14.9. The summed E-state index contributed by atoms with van der Waals surface area (Å²) in [5.41, 5.74) is 7.99. The molecule has 2 N–H and O–H groups in total. The van der Waals surface area contributed by atoms with E-state index in [-0.39, 0.29) is 6.04 Å². The largest absolute Gasteiger partial charge is 0.366 e. The number of rotatable bonds is 4. The van der Waals surface area contributed by atoms with Gasteiger partial charge in [0.2, 0.25) is 5.91 Å². The van der Waals surface area contributed by atoms with Gasteiger partial charge in [-0.1, -0.05) is 24.3 Å². The third-order valence-corrected chi connectivity index (χ3v) is 3.58. The van der Waals surface area contributed by atoms with Gasteiger partial charge >= 0.3 is 0 Å². The molecule has 0 unspecified atom stereocenters. The van der Waals surface area contributed by atoms with E-state index >= 15 is 0 Å². The lowest BCUT2D eigenvalue weighted by Gasteiger charge is -2.11. The summed E-state index contributed by atoms with van der Waals surface area (Å²) < 4.78 is 1.95. The molecule has 2 heterocycles. The second-order valence-electron chi connectivity index (χ2n) is 5.47. The lowest BCUT2D eigenvalue weighted by atomic mass is 10.0. The first-order chi connectivity index (χ1) is 11.1. The summed E-state index contributed by atoms with van der Waals surface area (Å²) in [5, 5.41) is 8.13. The van der Waals surface area contributed by atoms with Crippen molar-refractivity contribution in [2.45, 2.75) is 19.9 Å². The van der Waals surface area contributed by atoms with Gasteiger partial charge in [-0.15, -0.1) is 10.2 Å². The average molecular weight is 307 g/mol. The lowest BCUT2D eigenvalue weighted by Crippen LogP contribution is -2.12. The van der Waals surface area contributed by atoms with Gasteiger partial charge in [-0.05, 0) is 32.0 Å². The highest BCUT2D eigenvalue weighted by Crippen LogP contribution is 2.25. The van der Waals surface area contributed by atoms with Crippen LogP contribution in [0.2, 0.25) is 0 Å². The molecule has 6 heteroatoms. The van der Waals surface area contributed by atoms with E-state index in [0.717, 1.165) is 0 Å². The van der Waals surface area contributed by atoms with E-state index in [1.54, 1.807) is 18.5 Å². The van der Waals surface area contributed by atoms with Crippen LogP contribution in [0.1, 0.15) is 30.2 Å². The van der Waals surface area contributed by atoms with Crippen molar-refractivity contribution in [3.63, 3.8) is 0 Å². The van der Waals surface area contributed by atoms with Crippen molar-refractivity contribution in [1.29, 1.82) is 0 Å². The first-order valence-electron chi connectivity index (χ1n) is 7.34. The maximum Gasteiger partial charge on any atom is 0.249 e. The first-order valence-corrected chi connectivity index (χ1v) is 7.34. The Hall–Kier alpha value is -3.02. The molecule has 6 nitrogen and oxygen atoms in total. The highest BCUT2D eigenvalue weighted by Gasteiger charge is 2.14. The van der Waals surface area contributed by atoms with Crippen LogP contribution in [0.5, 0.6) is 0 Å². The summed E-state index contributed by atoms with van der Waals surface area (Å²) in [6.45, 7) is 4.11. The molecule has 0 aliphatic carbocycles. The summed E-state index contributed by atoms with van der Waals surface area (Å²) in [7, 11) is 0. The van der Waals surface area contributed by atoms with Crippen molar-refractivity contribution >= 4 is 5.91 Å². The quantitative estimate of drug-likeness (QED) is 0.802. The monoisotopic (exact) mass is 307 g/mol. The number of pyridine rings is 1. The van der Waals surface area contributed by atoms with Crippen LogP contribution in [0.3, 0.4) is 0 Å². The molecule has 0 fully saturated rings. The van der Waals surface area contributed by atoms with Gasteiger partial charge in [0.1, 0.15) is 12.0 Å². The number of carbonyl (C=O) groups excluding carboxylic acids is 1. The zero-order valence-electron chi connectivity index (χ0n) is 13.0. The van der Waals surface area contributed by atoms with Gasteiger partial charge in [-0.25, -0.2) is 4.98 Å². The maximum absolute atomic E-state index is 11.6. The molecule has 0 saturated carbocycles. The zero-order valence-corrected chi connectivity index (χ0v) is 13.0. The van der Waals surface area contributed by atoms with E-state index in [1.807, 2.05) is 34.9 Å². The minimum Gasteiger partial charge on any atom is -0.366 e. The molecule has 1 aromatic carbocycles. The average Bonchev–Trinajstić information content (AvgIpc) is 3.05. The summed E-state index contributed by atoms with van der Waals surface area (Å²) in [5.74, 6) is 0.219. The third kappa shape index (κ3) is 2.83. The van der Waals surface area contributed by atoms with Crippen LogP contribution in [0, 0.1) is 0 Å². The zero-order chi connectivity index (χ0) is 16.4. The van der Waals surface area contributed by atoms with E-state index in [2.05, 4.69) is 29.0 Å². The van der Waals surface area contributed by atoms with Crippen LogP contribution in [-0.4, -0.2) is 25.7 Å². The van der Waals surface area contributed by atoms with Crippen LogP contribution in [0.15, 0.2) is 48.8 Å². The van der Waals surface area contributed by atoms with Crippen molar-refractivity contribution in [3.05, 3.63) is 54.4 Å². The van der Waals surface area contributed by atoms with Crippen molar-refractivity contribution < 1.29 is 4.79 Å². The fraction of sp³-hybridized carbons (Fsp3) is 0.176. The molecular formula is C17H17N5O. The number of nitrogens with zero attached hydrogens (tertiary/aromatic N) is 4. The molecule has 0 spiro atoms. The SMILES string of the molecule is CC(C)n1cnnc1-c1cccc(-c2ccccc2C(N)=O)n1. The molecule has 0 saturated heterocycles. The normalized spacial score (nSPS) is 10.9. The van der Waals surface area contributed by atoms with Crippen LogP contribution in [0.25, 0.3) is 22.8 Å². The van der Waals surface area contributed by atoms with Crippen LogP contribution in [-0.2, 0) is 0 Å². The smallest absolute Gasteiger partial charge is 0.249 e. The predicted molar refractivity (Wildman–Crippen MR) is 87.6 cm³/mol. The van der Waals surface area contributed by atoms with E-state index < -0.39 is 5.91 Å². The van der Waals surface area contributed by atoms with E-state index in [4.69, 9.17) is 5.73 Å². The van der Waals surface area contributed by atoms with Gasteiger partial charge in [-0.2, -0.15) is 0 Å². The molecule has 0 aliphatic heterocycles. The van der Waals surface area contributed by atoms with E-state index in [9.17, 15) is 4.79 Å². The molecule has 23 heavy (non-hydrogen) atoms. The van der Waals surface area contributed by atoms with Crippen molar-refractivity contribution in [1.82, 2.24) is 19.7 Å². The number of aromatic nitrogens is 4. The fourth-order valence-corrected chi connectivity index (χ4v) is 2.43. The number of primary amides is 1. The van der Waals surface area contributed by atoms with Crippen LogP contribution < -0.4 is 5.73 Å². The second kappa shape index (κ2) is 6.00. The third-order valence-electron chi connectivity index (χ3n) is 3.58. The Kier molecular flexibility index (Phi) is 3.89. The topological polar surface area (TPSA) is 86.7 Å². The number of carbonyl (C=O) groups is 1. The molecule has 0 bridgehead atoms. The molecular weight excluding hydrogens is 290 g/mol. The Balaban J connectivity index is 2.11. The number of amides is 1. The van der Waals surface area contributed by atoms with Crippen molar-refractivity contribution in [3.8, 4) is 22.8 Å². The van der Waals surface area contributed by atoms with Gasteiger partial charge in [0.05, 0.1) is 5.69 Å². The minimum atomic E-state index is -0.474. The molecule has 3 aromatic rings. The van der Waals surface area contributed by atoms with Gasteiger partial charge < -0.3 is 10.3 Å². The predicted octanol–water partition coefficient (Wildman–Crippen LogP) is 2.69. The molecule has 3 rings (SSSR count).